The van der Waals surface area contributed by atoms with E-state index in [-0.39, 0.29) is 11.4 Å². The molecule has 0 atom stereocenters. The highest BCUT2D eigenvalue weighted by Gasteiger charge is 2.39. The van der Waals surface area contributed by atoms with Crippen LogP contribution in [0.4, 0.5) is 0 Å². The number of amides is 1. The largest absolute Gasteiger partial charge is 0.336 e. The van der Waals surface area contributed by atoms with Crippen molar-refractivity contribution < 1.29 is 4.79 Å². The number of rotatable bonds is 5. The number of halogens is 1. The van der Waals surface area contributed by atoms with Gasteiger partial charge in [-0.2, -0.15) is 0 Å². The first-order chi connectivity index (χ1) is 9.70. The fraction of sp³-hybridized carbons (Fsp3) is 0.588. The minimum atomic E-state index is -0.108. The van der Waals surface area contributed by atoms with Crippen LogP contribution >= 0.6 is 11.6 Å². The van der Waals surface area contributed by atoms with Gasteiger partial charge in [0.25, 0.3) is 0 Å². The van der Waals surface area contributed by atoms with Crippen LogP contribution in [0.25, 0.3) is 0 Å². The highest BCUT2D eigenvalue weighted by atomic mass is 35.5. The Kier molecular flexibility index (Phi) is 5.47. The molecule has 0 spiro atoms. The topological polar surface area (TPSA) is 20.3 Å². The summed E-state index contributed by atoms with van der Waals surface area (Å²) in [5.74, 6) is 0.772. The molecule has 0 aromatic heterocycles. The van der Waals surface area contributed by atoms with E-state index in [0.717, 1.165) is 19.3 Å². The summed E-state index contributed by atoms with van der Waals surface area (Å²) >= 11 is 5.72. The third-order valence-electron chi connectivity index (χ3n) is 4.53. The Morgan fingerprint density at radius 3 is 2.45 bits per heavy atom. The van der Waals surface area contributed by atoms with E-state index in [9.17, 15) is 4.79 Å². The lowest BCUT2D eigenvalue weighted by atomic mass is 9.75. The minimum Gasteiger partial charge on any atom is -0.336 e. The smallest absolute Gasteiger partial charge is 0.223 e. The first kappa shape index (κ1) is 15.4. The Balaban J connectivity index is 2.25. The van der Waals surface area contributed by atoms with Gasteiger partial charge >= 0.3 is 0 Å². The van der Waals surface area contributed by atoms with Crippen molar-refractivity contribution in [2.45, 2.75) is 50.5 Å². The summed E-state index contributed by atoms with van der Waals surface area (Å²) in [7, 11) is 1.97. The van der Waals surface area contributed by atoms with Crippen molar-refractivity contribution >= 4 is 17.5 Å². The number of hydrogen-bond donors (Lipinski definition) is 0. The van der Waals surface area contributed by atoms with Gasteiger partial charge in [-0.15, -0.1) is 11.6 Å². The molecule has 2 nitrogen and oxygen atoms in total. The number of hydrogen-bond acceptors (Lipinski definition) is 1. The molecule has 1 saturated carbocycles. The van der Waals surface area contributed by atoms with E-state index in [2.05, 4.69) is 24.3 Å². The maximum Gasteiger partial charge on any atom is 0.223 e. The molecule has 0 saturated heterocycles. The fourth-order valence-corrected chi connectivity index (χ4v) is 3.46. The maximum absolute atomic E-state index is 12.4. The lowest BCUT2D eigenvalue weighted by molar-refractivity contribution is -0.137. The molecule has 0 N–H and O–H groups in total. The zero-order chi connectivity index (χ0) is 14.4. The molecule has 0 radical (unpaired) electrons. The van der Waals surface area contributed by atoms with E-state index in [0.29, 0.717) is 12.3 Å². The maximum atomic E-state index is 12.4. The lowest BCUT2D eigenvalue weighted by Crippen LogP contribution is -2.48. The molecule has 0 aliphatic heterocycles. The van der Waals surface area contributed by atoms with Crippen LogP contribution in [0, 0.1) is 0 Å². The molecule has 1 fully saturated rings. The lowest BCUT2D eigenvalue weighted by Gasteiger charge is -2.45. The third kappa shape index (κ3) is 3.17. The molecule has 3 heteroatoms. The van der Waals surface area contributed by atoms with E-state index < -0.39 is 0 Å². The summed E-state index contributed by atoms with van der Waals surface area (Å²) < 4.78 is 0. The molecule has 1 aliphatic rings. The van der Waals surface area contributed by atoms with Crippen molar-refractivity contribution in [3.63, 3.8) is 0 Å². The average Bonchev–Trinajstić information content (AvgIpc) is 2.53. The molecular formula is C17H24ClNO. The number of alkyl halides is 1. The van der Waals surface area contributed by atoms with E-state index in [1.807, 2.05) is 18.0 Å². The molecule has 1 aromatic carbocycles. The third-order valence-corrected chi connectivity index (χ3v) is 4.80. The van der Waals surface area contributed by atoms with Crippen molar-refractivity contribution in [3.05, 3.63) is 35.9 Å². The molecule has 20 heavy (non-hydrogen) atoms. The fourth-order valence-electron chi connectivity index (χ4n) is 3.33. The van der Waals surface area contributed by atoms with Crippen molar-refractivity contribution in [1.29, 1.82) is 0 Å². The van der Waals surface area contributed by atoms with Crippen LogP contribution in [0.1, 0.15) is 50.5 Å². The Labute approximate surface area is 127 Å². The molecule has 0 unspecified atom stereocenters. The van der Waals surface area contributed by atoms with Crippen LogP contribution < -0.4 is 0 Å². The van der Waals surface area contributed by atoms with Gasteiger partial charge in [0.1, 0.15) is 0 Å². The average molecular weight is 294 g/mol. The Hall–Kier alpha value is -1.02. The molecular weight excluding hydrogens is 270 g/mol. The van der Waals surface area contributed by atoms with Gasteiger partial charge in [0, 0.05) is 19.3 Å². The van der Waals surface area contributed by atoms with Crippen LogP contribution in [0.5, 0.6) is 0 Å². The van der Waals surface area contributed by atoms with Gasteiger partial charge in [0.15, 0.2) is 0 Å². The summed E-state index contributed by atoms with van der Waals surface area (Å²) in [4.78, 5) is 14.4. The number of carbonyl (C=O) groups excluding carboxylic acids is 1. The summed E-state index contributed by atoms with van der Waals surface area (Å²) in [5, 5.41) is 0. The van der Waals surface area contributed by atoms with E-state index in [4.69, 9.17) is 11.6 Å². The number of nitrogens with zero attached hydrogens (tertiary/aromatic N) is 1. The first-order valence-corrected chi connectivity index (χ1v) is 8.12. The van der Waals surface area contributed by atoms with Crippen LogP contribution in [0.15, 0.2) is 30.3 Å². The minimum absolute atomic E-state index is 0.108. The van der Waals surface area contributed by atoms with Crippen LogP contribution in [0.2, 0.25) is 0 Å². The predicted octanol–water partition coefficient (Wildman–Crippen LogP) is 4.32. The molecule has 0 bridgehead atoms. The second-order valence-electron chi connectivity index (χ2n) is 5.70. The van der Waals surface area contributed by atoms with Gasteiger partial charge in [-0.1, -0.05) is 49.6 Å². The summed E-state index contributed by atoms with van der Waals surface area (Å²) in [6.45, 7) is 0. The van der Waals surface area contributed by atoms with Crippen molar-refractivity contribution in [2.24, 2.45) is 0 Å². The molecule has 1 aromatic rings. The van der Waals surface area contributed by atoms with Crippen molar-refractivity contribution in [2.75, 3.05) is 12.9 Å². The van der Waals surface area contributed by atoms with Gasteiger partial charge < -0.3 is 4.90 Å². The molecule has 110 valence electrons. The van der Waals surface area contributed by atoms with E-state index in [1.165, 1.54) is 24.8 Å². The van der Waals surface area contributed by atoms with Gasteiger partial charge in [-0.05, 0) is 24.8 Å². The normalized spacial score (nSPS) is 17.7. The summed E-state index contributed by atoms with van der Waals surface area (Å²) in [6, 6.07) is 10.5. The summed E-state index contributed by atoms with van der Waals surface area (Å²) in [5.41, 5.74) is 1.17. The van der Waals surface area contributed by atoms with Crippen molar-refractivity contribution in [1.82, 2.24) is 4.90 Å². The highest BCUT2D eigenvalue weighted by Crippen LogP contribution is 2.41. The summed E-state index contributed by atoms with van der Waals surface area (Å²) in [6.07, 6.45) is 7.12. The van der Waals surface area contributed by atoms with Crippen LogP contribution in [-0.2, 0) is 10.3 Å². The second kappa shape index (κ2) is 7.12. The van der Waals surface area contributed by atoms with E-state index in [1.54, 1.807) is 0 Å². The van der Waals surface area contributed by atoms with Gasteiger partial charge in [-0.3, -0.25) is 4.79 Å². The molecule has 2 rings (SSSR count). The zero-order valence-electron chi connectivity index (χ0n) is 12.3. The van der Waals surface area contributed by atoms with Crippen LogP contribution in [-0.4, -0.2) is 23.7 Å². The molecule has 1 amide bonds. The monoisotopic (exact) mass is 293 g/mol. The van der Waals surface area contributed by atoms with Gasteiger partial charge in [0.2, 0.25) is 5.91 Å². The quantitative estimate of drug-likeness (QED) is 0.740. The second-order valence-corrected chi connectivity index (χ2v) is 6.08. The van der Waals surface area contributed by atoms with Gasteiger partial charge in [-0.25, -0.2) is 0 Å². The molecule has 1 aliphatic carbocycles. The number of benzene rings is 1. The van der Waals surface area contributed by atoms with Gasteiger partial charge in [0.05, 0.1) is 5.54 Å². The zero-order valence-corrected chi connectivity index (χ0v) is 13.0. The first-order valence-electron chi connectivity index (χ1n) is 7.59. The highest BCUT2D eigenvalue weighted by molar-refractivity contribution is 6.17. The number of carbonyl (C=O) groups is 1. The Morgan fingerprint density at radius 1 is 1.20 bits per heavy atom. The van der Waals surface area contributed by atoms with Crippen LogP contribution in [0.3, 0.4) is 0 Å². The van der Waals surface area contributed by atoms with Crippen molar-refractivity contribution in [3.8, 4) is 0 Å². The predicted molar refractivity (Wildman–Crippen MR) is 83.9 cm³/mol. The Bertz CT molecular complexity index is 426. The Morgan fingerprint density at radius 2 is 1.85 bits per heavy atom. The SMILES string of the molecule is CN(C(=O)CCCCl)C1(c2ccccc2)CCCCC1. The molecule has 0 heterocycles. The standard InChI is InChI=1S/C17H24ClNO/c1-19(16(20)11-8-14-18)17(12-6-3-7-13-17)15-9-4-2-5-10-15/h2,4-5,9-10H,3,6-8,11-14H2,1H3. The van der Waals surface area contributed by atoms with E-state index >= 15 is 0 Å².